The maximum absolute atomic E-state index is 2.53. The van der Waals surface area contributed by atoms with Gasteiger partial charge in [-0.3, -0.25) is 0 Å². The minimum Gasteiger partial charge on any atom is -0.331 e. The Morgan fingerprint density at radius 3 is 1.45 bits per heavy atom. The first kappa shape index (κ1) is 39.2. The highest BCUT2D eigenvalue weighted by atomic mass is 15.1. The quantitative estimate of drug-likeness (QED) is 0.156. The number of rotatable bonds is 7. The van der Waals surface area contributed by atoms with Gasteiger partial charge in [-0.25, -0.2) is 0 Å². The van der Waals surface area contributed by atoms with Crippen molar-refractivity contribution in [1.82, 2.24) is 9.13 Å². The number of para-hydroxylation sites is 4. The van der Waals surface area contributed by atoms with Gasteiger partial charge < -0.3 is 14.0 Å². The normalized spacial score (nSPS) is 16.1. The topological polar surface area (TPSA) is 13.1 Å². The van der Waals surface area contributed by atoms with Gasteiger partial charge in [0.2, 0.25) is 0 Å². The fourth-order valence-corrected chi connectivity index (χ4v) is 11.5. The molecule has 3 nitrogen and oxygen atoms in total. The van der Waals surface area contributed by atoms with E-state index in [9.17, 15) is 0 Å². The lowest BCUT2D eigenvalue weighted by Gasteiger charge is -2.32. The Kier molecular flexibility index (Phi) is 8.76. The Balaban J connectivity index is 0.840. The van der Waals surface area contributed by atoms with Crippen molar-refractivity contribution in [2.75, 3.05) is 4.90 Å². The lowest BCUT2D eigenvalue weighted by atomic mass is 9.82. The van der Waals surface area contributed by atoms with Crippen LogP contribution in [-0.4, -0.2) is 9.13 Å². The SMILES string of the molecule is CC1(C)c2ccccc2-c2ccc(N(c3ccc(C4=CCC(C)(n5c6ccccc6c6ccccc65)C=C4)cc3)c3ccc(-c4ccc(-n5c6ccccc6c6ccccc65)cc4)cc3)cc21. The van der Waals surface area contributed by atoms with Crippen molar-refractivity contribution in [3.8, 4) is 27.9 Å². The number of fused-ring (bicyclic) bond motifs is 9. The molecule has 13 rings (SSSR count). The van der Waals surface area contributed by atoms with Crippen LogP contribution in [0.5, 0.6) is 0 Å². The van der Waals surface area contributed by atoms with Crippen LogP contribution >= 0.6 is 0 Å². The summed E-state index contributed by atoms with van der Waals surface area (Å²) >= 11 is 0. The minimum absolute atomic E-state index is 0.111. The van der Waals surface area contributed by atoms with Crippen molar-refractivity contribution in [3.05, 3.63) is 247 Å². The van der Waals surface area contributed by atoms with Gasteiger partial charge in [-0.2, -0.15) is 0 Å². The van der Waals surface area contributed by atoms with E-state index in [0.29, 0.717) is 0 Å². The van der Waals surface area contributed by atoms with Crippen LogP contribution in [0.1, 0.15) is 43.9 Å². The van der Waals surface area contributed by atoms with Gasteiger partial charge in [0.15, 0.2) is 0 Å². The highest BCUT2D eigenvalue weighted by Crippen LogP contribution is 2.51. The Labute approximate surface area is 391 Å². The summed E-state index contributed by atoms with van der Waals surface area (Å²) in [5.74, 6) is 0. The molecule has 2 heterocycles. The maximum atomic E-state index is 2.53. The lowest BCUT2D eigenvalue weighted by molar-refractivity contribution is 0.438. The predicted molar refractivity (Wildman–Crippen MR) is 283 cm³/mol. The maximum Gasteiger partial charge on any atom is 0.0643 e. The molecule has 0 aliphatic heterocycles. The Bertz CT molecular complexity index is 3690. The Hall–Kier alpha value is -8.14. The predicted octanol–water partition coefficient (Wildman–Crippen LogP) is 17.1. The molecule has 0 saturated carbocycles. The summed E-state index contributed by atoms with van der Waals surface area (Å²) in [5, 5.41) is 5.16. The van der Waals surface area contributed by atoms with Crippen molar-refractivity contribution < 1.29 is 0 Å². The summed E-state index contributed by atoms with van der Waals surface area (Å²) in [7, 11) is 0. The molecule has 67 heavy (non-hydrogen) atoms. The van der Waals surface area contributed by atoms with Crippen molar-refractivity contribution >= 4 is 66.2 Å². The Morgan fingerprint density at radius 1 is 0.418 bits per heavy atom. The molecule has 3 heteroatoms. The van der Waals surface area contributed by atoms with E-state index in [4.69, 9.17) is 0 Å². The van der Waals surface area contributed by atoms with E-state index in [2.05, 4.69) is 265 Å². The molecule has 0 fully saturated rings. The van der Waals surface area contributed by atoms with Crippen LogP contribution in [-0.2, 0) is 11.0 Å². The van der Waals surface area contributed by atoms with Crippen molar-refractivity contribution in [1.29, 1.82) is 0 Å². The molecule has 1 atom stereocenters. The third-order valence-electron chi connectivity index (χ3n) is 14.9. The third kappa shape index (κ3) is 6.11. The molecule has 0 amide bonds. The fraction of sp³-hybridized carbons (Fsp3) is 0.0938. The van der Waals surface area contributed by atoms with Gasteiger partial charge in [0.25, 0.3) is 0 Å². The zero-order chi connectivity index (χ0) is 44.9. The molecule has 320 valence electrons. The molecule has 0 N–H and O–H groups in total. The first-order valence-electron chi connectivity index (χ1n) is 23.6. The first-order valence-corrected chi connectivity index (χ1v) is 23.6. The van der Waals surface area contributed by atoms with Crippen LogP contribution < -0.4 is 4.90 Å². The summed E-state index contributed by atoms with van der Waals surface area (Å²) in [6, 6.07) is 78.2. The molecular weight excluding hydrogens is 811 g/mol. The summed E-state index contributed by atoms with van der Waals surface area (Å²) in [6.45, 7) is 7.08. The highest BCUT2D eigenvalue weighted by molar-refractivity contribution is 6.10. The number of aromatic nitrogens is 2. The van der Waals surface area contributed by atoms with E-state index in [-0.39, 0.29) is 11.0 Å². The molecule has 2 aliphatic carbocycles. The van der Waals surface area contributed by atoms with Crippen LogP contribution in [0.15, 0.2) is 231 Å². The molecule has 1 unspecified atom stereocenters. The summed E-state index contributed by atoms with van der Waals surface area (Å²) < 4.78 is 4.91. The number of hydrogen-bond donors (Lipinski definition) is 0. The smallest absolute Gasteiger partial charge is 0.0643 e. The minimum atomic E-state index is -0.190. The van der Waals surface area contributed by atoms with Gasteiger partial charge in [-0.1, -0.05) is 172 Å². The molecule has 2 aromatic heterocycles. The van der Waals surface area contributed by atoms with E-state index in [1.54, 1.807) is 0 Å². The summed E-state index contributed by atoms with van der Waals surface area (Å²) in [4.78, 5) is 2.42. The van der Waals surface area contributed by atoms with E-state index in [1.807, 2.05) is 0 Å². The zero-order valence-corrected chi connectivity index (χ0v) is 38.0. The van der Waals surface area contributed by atoms with Crippen molar-refractivity contribution in [2.24, 2.45) is 0 Å². The van der Waals surface area contributed by atoms with Crippen molar-refractivity contribution in [2.45, 2.75) is 38.1 Å². The van der Waals surface area contributed by atoms with Crippen LogP contribution in [0.4, 0.5) is 17.1 Å². The van der Waals surface area contributed by atoms with E-state index < -0.39 is 0 Å². The molecular formula is C64H49N3. The van der Waals surface area contributed by atoms with Crippen LogP contribution in [0.2, 0.25) is 0 Å². The van der Waals surface area contributed by atoms with Gasteiger partial charge in [0.1, 0.15) is 0 Å². The average molecular weight is 860 g/mol. The zero-order valence-electron chi connectivity index (χ0n) is 38.0. The van der Waals surface area contributed by atoms with Gasteiger partial charge in [-0.05, 0) is 131 Å². The number of allylic oxidation sites excluding steroid dienone is 4. The molecule has 2 aliphatic rings. The van der Waals surface area contributed by atoms with Crippen LogP contribution in [0, 0.1) is 0 Å². The molecule has 0 spiro atoms. The summed E-state index contributed by atoms with van der Waals surface area (Å²) in [5.41, 5.74) is 19.5. The second-order valence-electron chi connectivity index (χ2n) is 19.2. The second-order valence-corrected chi connectivity index (χ2v) is 19.2. The van der Waals surface area contributed by atoms with Crippen molar-refractivity contribution in [3.63, 3.8) is 0 Å². The first-order chi connectivity index (χ1) is 32.8. The number of hydrogen-bond acceptors (Lipinski definition) is 1. The summed E-state index contributed by atoms with van der Waals surface area (Å²) in [6.07, 6.45) is 8.06. The van der Waals surface area contributed by atoms with Crippen LogP contribution in [0.3, 0.4) is 0 Å². The number of anilines is 3. The highest BCUT2D eigenvalue weighted by Gasteiger charge is 2.36. The third-order valence-corrected chi connectivity index (χ3v) is 14.9. The van der Waals surface area contributed by atoms with Gasteiger partial charge in [-0.15, -0.1) is 0 Å². The lowest BCUT2D eigenvalue weighted by Crippen LogP contribution is -2.28. The van der Waals surface area contributed by atoms with E-state index in [0.717, 1.165) is 29.2 Å². The second kappa shape index (κ2) is 15.0. The van der Waals surface area contributed by atoms with Gasteiger partial charge in [0, 0.05) is 60.7 Å². The number of nitrogens with zero attached hydrogens (tertiary/aromatic N) is 3. The van der Waals surface area contributed by atoms with E-state index in [1.165, 1.54) is 88.1 Å². The van der Waals surface area contributed by atoms with E-state index >= 15 is 0 Å². The van der Waals surface area contributed by atoms with Crippen LogP contribution in [0.25, 0.3) is 77.1 Å². The van der Waals surface area contributed by atoms with Gasteiger partial charge >= 0.3 is 0 Å². The molecule has 9 aromatic carbocycles. The van der Waals surface area contributed by atoms with Gasteiger partial charge in [0.05, 0.1) is 16.6 Å². The Morgan fingerprint density at radius 2 is 0.881 bits per heavy atom. The standard InChI is InChI=1S/C64H49N3/c1-63(2)57-19-9-4-14-51(57)52-37-36-50(42-58(52)63)65(47-30-24-43(25-31-47)44-28-34-49(35-29-44)66-59-20-10-5-15-53(59)54-16-6-11-21-60(54)66)48-32-26-45(27-33-48)46-38-40-64(3,41-39-46)67-61-22-12-7-17-55(61)56-18-8-13-23-62(56)67/h4-40,42H,41H2,1-3H3. The molecule has 0 radical (unpaired) electrons. The molecule has 0 bridgehead atoms. The fourth-order valence-electron chi connectivity index (χ4n) is 11.5. The molecule has 0 saturated heterocycles. The average Bonchev–Trinajstić information content (AvgIpc) is 3.98. The monoisotopic (exact) mass is 859 g/mol. The molecule has 11 aromatic rings. The number of benzene rings is 9. The largest absolute Gasteiger partial charge is 0.331 e.